The van der Waals surface area contributed by atoms with Gasteiger partial charge in [0.25, 0.3) is 0 Å². The van der Waals surface area contributed by atoms with Crippen molar-refractivity contribution in [1.82, 2.24) is 0 Å². The maximum Gasteiger partial charge on any atom is 0.228 e. The first-order valence-corrected chi connectivity index (χ1v) is 7.05. The Kier molecular flexibility index (Phi) is 4.62. The Labute approximate surface area is 122 Å². The molecule has 0 radical (unpaired) electrons. The van der Waals surface area contributed by atoms with Gasteiger partial charge in [-0.05, 0) is 24.1 Å². The predicted molar refractivity (Wildman–Crippen MR) is 79.9 cm³/mol. The van der Waals surface area contributed by atoms with Gasteiger partial charge in [0.05, 0.1) is 17.1 Å². The van der Waals surface area contributed by atoms with E-state index in [-0.39, 0.29) is 24.3 Å². The van der Waals surface area contributed by atoms with Gasteiger partial charge >= 0.3 is 0 Å². The van der Waals surface area contributed by atoms with Crippen molar-refractivity contribution in [3.05, 3.63) is 22.7 Å². The summed E-state index contributed by atoms with van der Waals surface area (Å²) < 4.78 is 0. The zero-order chi connectivity index (χ0) is 14.7. The maximum absolute atomic E-state index is 11.9. The second-order valence-corrected chi connectivity index (χ2v) is 5.42. The van der Waals surface area contributed by atoms with Crippen LogP contribution in [0.15, 0.2) is 12.1 Å². The Hall–Kier alpha value is -1.59. The van der Waals surface area contributed by atoms with E-state index in [1.165, 1.54) is 0 Å². The second-order valence-electron chi connectivity index (χ2n) is 5.02. The van der Waals surface area contributed by atoms with E-state index in [1.54, 1.807) is 12.1 Å². The molecule has 1 heterocycles. The average molecular weight is 296 g/mol. The number of carbonyl (C=O) groups is 2. The van der Waals surface area contributed by atoms with Crippen LogP contribution in [0.3, 0.4) is 0 Å². The van der Waals surface area contributed by atoms with Crippen molar-refractivity contribution in [2.24, 2.45) is 5.73 Å². The normalized spacial score (nSPS) is 14.7. The number of carbonyl (C=O) groups excluding carboxylic acids is 2. The minimum Gasteiger partial charge on any atom is -0.327 e. The number of nitrogens with two attached hydrogens (primary N) is 1. The summed E-state index contributed by atoms with van der Waals surface area (Å²) in [6.07, 6.45) is 2.33. The third-order valence-corrected chi connectivity index (χ3v) is 3.51. The minimum absolute atomic E-state index is 0.0653. The van der Waals surface area contributed by atoms with Crippen LogP contribution in [0.2, 0.25) is 5.02 Å². The Morgan fingerprint density at radius 1 is 1.55 bits per heavy atom. The van der Waals surface area contributed by atoms with Crippen molar-refractivity contribution in [1.29, 1.82) is 0 Å². The molecule has 2 amide bonds. The Balaban J connectivity index is 2.05. The number of nitrogens with one attached hydrogen (secondary N) is 2. The molecule has 108 valence electrons. The van der Waals surface area contributed by atoms with E-state index in [0.29, 0.717) is 22.8 Å². The number of hydrogen-bond donors (Lipinski definition) is 3. The summed E-state index contributed by atoms with van der Waals surface area (Å²) >= 11 is 6.10. The molecule has 1 unspecified atom stereocenters. The molecular weight excluding hydrogens is 278 g/mol. The summed E-state index contributed by atoms with van der Waals surface area (Å²) in [6, 6.07) is 3.25. The van der Waals surface area contributed by atoms with Crippen LogP contribution in [0.1, 0.15) is 31.7 Å². The number of amides is 2. The molecule has 1 aliphatic rings. The van der Waals surface area contributed by atoms with E-state index in [4.69, 9.17) is 17.3 Å². The van der Waals surface area contributed by atoms with E-state index in [0.717, 1.165) is 18.4 Å². The van der Waals surface area contributed by atoms with Crippen LogP contribution in [0.4, 0.5) is 11.4 Å². The van der Waals surface area contributed by atoms with Crippen LogP contribution in [0, 0.1) is 0 Å². The van der Waals surface area contributed by atoms with E-state index in [2.05, 4.69) is 10.6 Å². The molecule has 2 rings (SSSR count). The SMILES string of the molecule is CCCC(N)CC(=O)Nc1cc2c(cc1Cl)NC(=O)C2. The highest BCUT2D eigenvalue weighted by Gasteiger charge is 2.20. The van der Waals surface area contributed by atoms with Crippen LogP contribution < -0.4 is 16.4 Å². The molecular formula is C14H18ClN3O2. The number of anilines is 2. The molecule has 4 N–H and O–H groups in total. The van der Waals surface area contributed by atoms with Gasteiger partial charge in [-0.2, -0.15) is 0 Å². The molecule has 5 nitrogen and oxygen atoms in total. The highest BCUT2D eigenvalue weighted by molar-refractivity contribution is 6.34. The van der Waals surface area contributed by atoms with Crippen molar-refractivity contribution < 1.29 is 9.59 Å². The second kappa shape index (κ2) is 6.24. The number of halogens is 1. The molecule has 0 fully saturated rings. The van der Waals surface area contributed by atoms with Crippen LogP contribution in [-0.4, -0.2) is 17.9 Å². The largest absolute Gasteiger partial charge is 0.327 e. The summed E-state index contributed by atoms with van der Waals surface area (Å²) in [5.41, 5.74) is 7.91. The van der Waals surface area contributed by atoms with E-state index in [1.807, 2.05) is 6.92 Å². The molecule has 1 aliphatic heterocycles. The smallest absolute Gasteiger partial charge is 0.228 e. The number of rotatable bonds is 5. The lowest BCUT2D eigenvalue weighted by Crippen LogP contribution is -2.27. The van der Waals surface area contributed by atoms with Crippen LogP contribution in [0.25, 0.3) is 0 Å². The molecule has 0 saturated carbocycles. The van der Waals surface area contributed by atoms with Crippen molar-refractivity contribution in [3.8, 4) is 0 Å². The molecule has 0 spiro atoms. The molecule has 1 aromatic carbocycles. The van der Waals surface area contributed by atoms with Gasteiger partial charge in [0.2, 0.25) is 11.8 Å². The van der Waals surface area contributed by atoms with Gasteiger partial charge < -0.3 is 16.4 Å². The number of benzene rings is 1. The van der Waals surface area contributed by atoms with E-state index in [9.17, 15) is 9.59 Å². The lowest BCUT2D eigenvalue weighted by Gasteiger charge is -2.12. The van der Waals surface area contributed by atoms with Crippen molar-refractivity contribution in [3.63, 3.8) is 0 Å². The Morgan fingerprint density at radius 3 is 3.00 bits per heavy atom. The standard InChI is InChI=1S/C14H18ClN3O2/c1-2-3-9(16)6-14(20)18-12-4-8-5-13(19)17-11(8)7-10(12)15/h4,7,9H,2-3,5-6,16H2,1H3,(H,17,19)(H,18,20). The fourth-order valence-electron chi connectivity index (χ4n) is 2.26. The zero-order valence-corrected chi connectivity index (χ0v) is 12.1. The first kappa shape index (κ1) is 14.8. The Bertz CT molecular complexity index is 545. The lowest BCUT2D eigenvalue weighted by atomic mass is 10.1. The first-order valence-electron chi connectivity index (χ1n) is 6.67. The van der Waals surface area contributed by atoms with Crippen LogP contribution in [0.5, 0.6) is 0 Å². The van der Waals surface area contributed by atoms with Crippen LogP contribution >= 0.6 is 11.6 Å². The highest BCUT2D eigenvalue weighted by Crippen LogP contribution is 2.32. The first-order chi connectivity index (χ1) is 9.49. The highest BCUT2D eigenvalue weighted by atomic mass is 35.5. The fraction of sp³-hybridized carbons (Fsp3) is 0.429. The quantitative estimate of drug-likeness (QED) is 0.779. The topological polar surface area (TPSA) is 84.2 Å². The number of hydrogen-bond acceptors (Lipinski definition) is 3. The van der Waals surface area contributed by atoms with Gasteiger partial charge in [-0.15, -0.1) is 0 Å². The summed E-state index contributed by atoms with van der Waals surface area (Å²) in [4.78, 5) is 23.2. The molecule has 0 bridgehead atoms. The fourth-order valence-corrected chi connectivity index (χ4v) is 2.47. The molecule has 1 aromatic rings. The van der Waals surface area contributed by atoms with Gasteiger partial charge in [0.15, 0.2) is 0 Å². The van der Waals surface area contributed by atoms with Crippen molar-refractivity contribution >= 4 is 34.8 Å². The molecule has 0 aromatic heterocycles. The predicted octanol–water partition coefficient (Wildman–Crippen LogP) is 2.29. The molecule has 6 heteroatoms. The summed E-state index contributed by atoms with van der Waals surface area (Å²) in [7, 11) is 0. The third kappa shape index (κ3) is 3.49. The van der Waals surface area contributed by atoms with E-state index < -0.39 is 0 Å². The molecule has 20 heavy (non-hydrogen) atoms. The van der Waals surface area contributed by atoms with Gasteiger partial charge in [0, 0.05) is 18.2 Å². The zero-order valence-electron chi connectivity index (χ0n) is 11.3. The molecule has 0 saturated heterocycles. The van der Waals surface area contributed by atoms with Crippen molar-refractivity contribution in [2.45, 2.75) is 38.6 Å². The van der Waals surface area contributed by atoms with Gasteiger partial charge in [-0.1, -0.05) is 24.9 Å². The molecule has 0 aliphatic carbocycles. The van der Waals surface area contributed by atoms with Gasteiger partial charge in [-0.3, -0.25) is 9.59 Å². The minimum atomic E-state index is -0.162. The maximum atomic E-state index is 11.9. The average Bonchev–Trinajstić information content (AvgIpc) is 2.68. The van der Waals surface area contributed by atoms with Crippen molar-refractivity contribution in [2.75, 3.05) is 10.6 Å². The summed E-state index contributed by atoms with van der Waals surface area (Å²) in [5.74, 6) is -0.227. The summed E-state index contributed by atoms with van der Waals surface area (Å²) in [6.45, 7) is 2.03. The third-order valence-electron chi connectivity index (χ3n) is 3.20. The van der Waals surface area contributed by atoms with Gasteiger partial charge in [-0.25, -0.2) is 0 Å². The summed E-state index contributed by atoms with van der Waals surface area (Å²) in [5, 5.41) is 5.87. The lowest BCUT2D eigenvalue weighted by molar-refractivity contribution is -0.116. The van der Waals surface area contributed by atoms with Gasteiger partial charge in [0.1, 0.15) is 0 Å². The number of fused-ring (bicyclic) bond motifs is 1. The van der Waals surface area contributed by atoms with Crippen LogP contribution in [-0.2, 0) is 16.0 Å². The monoisotopic (exact) mass is 295 g/mol. The Morgan fingerprint density at radius 2 is 2.30 bits per heavy atom. The molecule has 1 atom stereocenters. The van der Waals surface area contributed by atoms with E-state index >= 15 is 0 Å².